The molecule has 3 rings (SSSR count). The second-order valence-electron chi connectivity index (χ2n) is 6.36. The van der Waals surface area contributed by atoms with Crippen molar-refractivity contribution in [3.8, 4) is 0 Å². The van der Waals surface area contributed by atoms with Gasteiger partial charge in [-0.1, -0.05) is 17.8 Å². The van der Waals surface area contributed by atoms with Crippen LogP contribution in [-0.2, 0) is 6.54 Å². The molecule has 0 saturated heterocycles. The van der Waals surface area contributed by atoms with Gasteiger partial charge in [-0.15, -0.1) is 11.3 Å². The fourth-order valence-corrected chi connectivity index (χ4v) is 4.49. The summed E-state index contributed by atoms with van der Waals surface area (Å²) in [7, 11) is 3.74. The zero-order valence-electron chi connectivity index (χ0n) is 16.1. The number of nitrogens with one attached hydrogen (secondary N) is 1. The van der Waals surface area contributed by atoms with Crippen molar-refractivity contribution in [3.05, 3.63) is 68.8 Å². The SMILES string of the molecule is Cc1csc(Sc2ccc(C(=O)NCc3cccnc3N(C)C)cc2[N+](=O)[O-])n1. The van der Waals surface area contributed by atoms with Crippen molar-refractivity contribution in [2.75, 3.05) is 19.0 Å². The molecule has 150 valence electrons. The van der Waals surface area contributed by atoms with Crippen LogP contribution in [0.3, 0.4) is 0 Å². The molecule has 0 aliphatic rings. The van der Waals surface area contributed by atoms with Gasteiger partial charge in [0.25, 0.3) is 11.6 Å². The first-order valence-electron chi connectivity index (χ1n) is 8.63. The summed E-state index contributed by atoms with van der Waals surface area (Å²) in [5.41, 5.74) is 1.83. The van der Waals surface area contributed by atoms with E-state index in [9.17, 15) is 14.9 Å². The monoisotopic (exact) mass is 429 g/mol. The third-order valence-electron chi connectivity index (χ3n) is 3.94. The van der Waals surface area contributed by atoms with Crippen LogP contribution < -0.4 is 10.2 Å². The number of carbonyl (C=O) groups is 1. The lowest BCUT2D eigenvalue weighted by Crippen LogP contribution is -2.24. The van der Waals surface area contributed by atoms with Crippen LogP contribution in [0.1, 0.15) is 21.6 Å². The predicted molar refractivity (Wildman–Crippen MR) is 114 cm³/mol. The number of hydrogen-bond donors (Lipinski definition) is 1. The first kappa shape index (κ1) is 20.7. The molecule has 0 atom stereocenters. The maximum absolute atomic E-state index is 12.6. The molecular formula is C19H19N5O3S2. The highest BCUT2D eigenvalue weighted by Gasteiger charge is 2.19. The number of amides is 1. The zero-order chi connectivity index (χ0) is 21.0. The number of nitro groups is 1. The van der Waals surface area contributed by atoms with Gasteiger partial charge in [0.2, 0.25) is 0 Å². The van der Waals surface area contributed by atoms with E-state index in [-0.39, 0.29) is 23.7 Å². The highest BCUT2D eigenvalue weighted by molar-refractivity contribution is 8.01. The van der Waals surface area contributed by atoms with Crippen LogP contribution >= 0.6 is 23.1 Å². The highest BCUT2D eigenvalue weighted by Crippen LogP contribution is 2.36. The summed E-state index contributed by atoms with van der Waals surface area (Å²) in [5.74, 6) is 0.368. The maximum Gasteiger partial charge on any atom is 0.284 e. The molecule has 0 spiro atoms. The van der Waals surface area contributed by atoms with E-state index in [0.717, 1.165) is 21.4 Å². The lowest BCUT2D eigenvalue weighted by molar-refractivity contribution is -0.387. The molecule has 0 fully saturated rings. The number of rotatable bonds is 7. The Balaban J connectivity index is 1.77. The summed E-state index contributed by atoms with van der Waals surface area (Å²) in [5, 5.41) is 16.2. The van der Waals surface area contributed by atoms with Crippen molar-refractivity contribution in [2.24, 2.45) is 0 Å². The molecule has 29 heavy (non-hydrogen) atoms. The van der Waals surface area contributed by atoms with E-state index >= 15 is 0 Å². The van der Waals surface area contributed by atoms with Crippen LogP contribution in [0, 0.1) is 17.0 Å². The van der Waals surface area contributed by atoms with Gasteiger partial charge in [0.05, 0.1) is 9.82 Å². The van der Waals surface area contributed by atoms with Crippen molar-refractivity contribution >= 4 is 40.5 Å². The quantitative estimate of drug-likeness (QED) is 0.449. The van der Waals surface area contributed by atoms with Crippen LogP contribution in [0.15, 0.2) is 51.1 Å². The van der Waals surface area contributed by atoms with E-state index in [1.54, 1.807) is 24.4 Å². The van der Waals surface area contributed by atoms with E-state index in [1.807, 2.05) is 37.4 Å². The largest absolute Gasteiger partial charge is 0.362 e. The summed E-state index contributed by atoms with van der Waals surface area (Å²) in [4.78, 5) is 34.5. The summed E-state index contributed by atoms with van der Waals surface area (Å²) >= 11 is 2.64. The Hall–Kier alpha value is -2.98. The molecule has 1 aromatic carbocycles. The molecule has 0 saturated carbocycles. The molecule has 0 aliphatic carbocycles. The van der Waals surface area contributed by atoms with Gasteiger partial charge in [-0.3, -0.25) is 14.9 Å². The molecule has 10 heteroatoms. The molecule has 3 aromatic rings. The Kier molecular flexibility index (Phi) is 6.45. The first-order valence-corrected chi connectivity index (χ1v) is 10.3. The Morgan fingerprint density at radius 3 is 2.79 bits per heavy atom. The molecular weight excluding hydrogens is 410 g/mol. The van der Waals surface area contributed by atoms with Gasteiger partial charge < -0.3 is 10.2 Å². The fourth-order valence-electron chi connectivity index (χ4n) is 2.61. The van der Waals surface area contributed by atoms with Gasteiger partial charge in [0.15, 0.2) is 4.34 Å². The number of hydrogen-bond acceptors (Lipinski definition) is 8. The van der Waals surface area contributed by atoms with Crippen LogP contribution in [0.25, 0.3) is 0 Å². The molecule has 2 aromatic heterocycles. The summed E-state index contributed by atoms with van der Waals surface area (Å²) in [6, 6.07) is 8.14. The van der Waals surface area contributed by atoms with Crippen molar-refractivity contribution < 1.29 is 9.72 Å². The predicted octanol–water partition coefficient (Wildman–Crippen LogP) is 3.90. The lowest BCUT2D eigenvalue weighted by atomic mass is 10.1. The molecule has 0 unspecified atom stereocenters. The minimum atomic E-state index is -0.481. The third kappa shape index (κ3) is 5.09. The Labute approximate surface area is 176 Å². The minimum Gasteiger partial charge on any atom is -0.362 e. The van der Waals surface area contributed by atoms with Crippen molar-refractivity contribution in [3.63, 3.8) is 0 Å². The van der Waals surface area contributed by atoms with Crippen molar-refractivity contribution in [1.82, 2.24) is 15.3 Å². The van der Waals surface area contributed by atoms with Crippen LogP contribution in [-0.4, -0.2) is 34.9 Å². The molecule has 2 heterocycles. The third-order valence-corrected chi connectivity index (χ3v) is 6.07. The van der Waals surface area contributed by atoms with Crippen LogP contribution in [0.4, 0.5) is 11.5 Å². The molecule has 0 radical (unpaired) electrons. The minimum absolute atomic E-state index is 0.120. The number of anilines is 1. The smallest absolute Gasteiger partial charge is 0.284 e. The number of nitrogens with zero attached hydrogens (tertiary/aromatic N) is 4. The average molecular weight is 430 g/mol. The molecule has 0 aliphatic heterocycles. The Morgan fingerprint density at radius 2 is 2.14 bits per heavy atom. The molecule has 1 N–H and O–H groups in total. The number of aromatic nitrogens is 2. The molecule has 0 bridgehead atoms. The molecule has 1 amide bonds. The van der Waals surface area contributed by atoms with Gasteiger partial charge in [0.1, 0.15) is 5.82 Å². The van der Waals surface area contributed by atoms with Gasteiger partial charge in [0, 0.05) is 55.1 Å². The summed E-state index contributed by atoms with van der Waals surface area (Å²) in [6.07, 6.45) is 1.68. The van der Waals surface area contributed by atoms with Crippen molar-refractivity contribution in [2.45, 2.75) is 22.7 Å². The second-order valence-corrected chi connectivity index (χ2v) is 8.51. The highest BCUT2D eigenvalue weighted by atomic mass is 32.2. The van der Waals surface area contributed by atoms with Crippen molar-refractivity contribution in [1.29, 1.82) is 0 Å². The summed E-state index contributed by atoms with van der Waals surface area (Å²) < 4.78 is 0.718. The zero-order valence-corrected chi connectivity index (χ0v) is 17.7. The van der Waals surface area contributed by atoms with E-state index in [4.69, 9.17) is 0 Å². The molecule has 8 nitrogen and oxygen atoms in total. The number of nitro benzene ring substituents is 1. The van der Waals surface area contributed by atoms with Crippen LogP contribution in [0.2, 0.25) is 0 Å². The van der Waals surface area contributed by atoms with Crippen LogP contribution in [0.5, 0.6) is 0 Å². The summed E-state index contributed by atoms with van der Waals surface area (Å²) in [6.45, 7) is 2.13. The first-order chi connectivity index (χ1) is 13.8. The Morgan fingerprint density at radius 1 is 1.34 bits per heavy atom. The normalized spacial score (nSPS) is 10.6. The lowest BCUT2D eigenvalue weighted by Gasteiger charge is -2.16. The van der Waals surface area contributed by atoms with Gasteiger partial charge >= 0.3 is 0 Å². The standard InChI is InChI=1S/C19H19N5O3S2/c1-12-11-28-19(22-12)29-16-7-6-13(9-15(16)24(26)27)18(25)21-10-14-5-4-8-20-17(14)23(2)3/h4-9,11H,10H2,1-3H3,(H,21,25). The van der Waals surface area contributed by atoms with E-state index < -0.39 is 4.92 Å². The number of thiazole rings is 1. The van der Waals surface area contributed by atoms with Gasteiger partial charge in [-0.05, 0) is 25.1 Å². The topological polar surface area (TPSA) is 101 Å². The van der Waals surface area contributed by atoms with E-state index in [2.05, 4.69) is 15.3 Å². The second kappa shape index (κ2) is 9.01. The fraction of sp³-hybridized carbons (Fsp3) is 0.211. The number of aryl methyl sites for hydroxylation is 1. The van der Waals surface area contributed by atoms with E-state index in [1.165, 1.54) is 29.2 Å². The number of benzene rings is 1. The van der Waals surface area contributed by atoms with E-state index in [0.29, 0.717) is 4.90 Å². The number of pyridine rings is 1. The maximum atomic E-state index is 12.6. The van der Waals surface area contributed by atoms with Gasteiger partial charge in [-0.25, -0.2) is 9.97 Å². The Bertz CT molecular complexity index is 1050. The average Bonchev–Trinajstić information content (AvgIpc) is 3.11. The number of carbonyl (C=O) groups excluding carboxylic acids is 1. The van der Waals surface area contributed by atoms with Gasteiger partial charge in [-0.2, -0.15) is 0 Å².